The predicted octanol–water partition coefficient (Wildman–Crippen LogP) is 1.34. The summed E-state index contributed by atoms with van der Waals surface area (Å²) in [6, 6.07) is 8.71. The minimum Gasteiger partial charge on any atom is -0.458 e. The number of fused-ring (bicyclic) bond motifs is 2. The molecule has 0 radical (unpaired) electrons. The second-order valence-corrected chi connectivity index (χ2v) is 13.4. The Labute approximate surface area is 235 Å². The molecular weight excluding hydrogens is 514 g/mol. The van der Waals surface area contributed by atoms with E-state index in [2.05, 4.69) is 11.8 Å². The highest BCUT2D eigenvalue weighted by atomic mass is 16.6. The predicted molar refractivity (Wildman–Crippen MR) is 143 cm³/mol. The standard InChI is InChI=1S/C31H43NO8/c1-5-32-14-29(15-37-2)12-11-19(38-3)30-18-13-17-23(40-28(35)16-9-7-6-8-10-16)20(18)31(36,27(34)24(17)39-4)21(26(30)32)22(33)25(29)30/h6-10,17-27,33-34,36H,5,11-15H2,1-4H3/t17-,18+,19-,20+,21-,22-,23-,24+,25+,26+,27-,29-,30-,31+/m0/s1. The molecule has 220 valence electrons. The first-order valence-corrected chi connectivity index (χ1v) is 14.9. The van der Waals surface area contributed by atoms with Crippen molar-refractivity contribution in [2.45, 2.75) is 68.3 Å². The Kier molecular flexibility index (Phi) is 6.27. The smallest absolute Gasteiger partial charge is 0.338 e. The average Bonchev–Trinajstić information content (AvgIpc) is 3.38. The molecule has 1 aromatic carbocycles. The molecule has 1 aliphatic heterocycles. The Morgan fingerprint density at radius 3 is 2.48 bits per heavy atom. The maximum absolute atomic E-state index is 13.4. The number of hydrogen-bond acceptors (Lipinski definition) is 9. The molecule has 1 spiro atoms. The van der Waals surface area contributed by atoms with Crippen molar-refractivity contribution in [1.82, 2.24) is 4.90 Å². The number of benzene rings is 1. The van der Waals surface area contributed by atoms with Crippen LogP contribution in [0.25, 0.3) is 0 Å². The second kappa shape index (κ2) is 9.20. The van der Waals surface area contributed by atoms with E-state index in [1.165, 1.54) is 0 Å². The molecule has 0 amide bonds. The zero-order valence-corrected chi connectivity index (χ0v) is 23.8. The molecule has 3 N–H and O–H groups in total. The molecule has 6 fully saturated rings. The zero-order valence-electron chi connectivity index (χ0n) is 23.8. The Bertz CT molecular complexity index is 1150. The third-order valence-corrected chi connectivity index (χ3v) is 12.4. The molecule has 40 heavy (non-hydrogen) atoms. The maximum atomic E-state index is 13.4. The highest BCUT2D eigenvalue weighted by Gasteiger charge is 2.88. The first kappa shape index (κ1) is 27.3. The molecule has 7 bridgehead atoms. The van der Waals surface area contributed by atoms with Crippen molar-refractivity contribution in [1.29, 1.82) is 0 Å². The minimum atomic E-state index is -1.71. The maximum Gasteiger partial charge on any atom is 0.338 e. The number of likely N-dealkylation sites (tertiary alicyclic amines) is 1. The first-order chi connectivity index (χ1) is 19.3. The molecule has 5 saturated carbocycles. The van der Waals surface area contributed by atoms with E-state index >= 15 is 0 Å². The van der Waals surface area contributed by atoms with Gasteiger partial charge in [-0.25, -0.2) is 4.79 Å². The van der Waals surface area contributed by atoms with Crippen molar-refractivity contribution in [2.75, 3.05) is 41.0 Å². The van der Waals surface area contributed by atoms with Gasteiger partial charge in [-0.3, -0.25) is 4.90 Å². The number of esters is 1. The molecule has 0 unspecified atom stereocenters. The number of aliphatic hydroxyl groups excluding tert-OH is 2. The Morgan fingerprint density at radius 2 is 1.82 bits per heavy atom. The lowest BCUT2D eigenvalue weighted by Gasteiger charge is -2.69. The first-order valence-electron chi connectivity index (χ1n) is 14.9. The van der Waals surface area contributed by atoms with E-state index in [1.807, 2.05) is 6.07 Å². The third-order valence-electron chi connectivity index (χ3n) is 12.4. The van der Waals surface area contributed by atoms with Crippen LogP contribution in [0, 0.1) is 40.4 Å². The number of piperidine rings is 1. The van der Waals surface area contributed by atoms with Crippen molar-refractivity contribution in [3.8, 4) is 0 Å². The van der Waals surface area contributed by atoms with Gasteiger partial charge < -0.3 is 34.3 Å². The summed E-state index contributed by atoms with van der Waals surface area (Å²) >= 11 is 0. The van der Waals surface area contributed by atoms with Crippen LogP contribution in [0.3, 0.4) is 0 Å². The summed E-state index contributed by atoms with van der Waals surface area (Å²) in [4.78, 5) is 15.9. The van der Waals surface area contributed by atoms with Gasteiger partial charge in [0.25, 0.3) is 0 Å². The van der Waals surface area contributed by atoms with Gasteiger partial charge in [-0.05, 0) is 43.9 Å². The lowest BCUT2D eigenvalue weighted by molar-refractivity contribution is -0.299. The summed E-state index contributed by atoms with van der Waals surface area (Å²) in [7, 11) is 5.03. The van der Waals surface area contributed by atoms with Crippen LogP contribution >= 0.6 is 0 Å². The Balaban J connectivity index is 1.43. The number of nitrogens with zero attached hydrogens (tertiary/aromatic N) is 1. The summed E-state index contributed by atoms with van der Waals surface area (Å²) in [5.41, 5.74) is -2.06. The number of aliphatic hydroxyl groups is 3. The Hall–Kier alpha value is -1.59. The van der Waals surface area contributed by atoms with E-state index in [0.717, 1.165) is 25.9 Å². The normalized spacial score (nSPS) is 52.0. The van der Waals surface area contributed by atoms with Crippen molar-refractivity contribution >= 4 is 5.97 Å². The van der Waals surface area contributed by atoms with Crippen molar-refractivity contribution in [3.05, 3.63) is 35.9 Å². The average molecular weight is 558 g/mol. The Morgan fingerprint density at radius 1 is 1.07 bits per heavy atom. The molecule has 1 saturated heterocycles. The molecule has 6 aliphatic rings. The molecule has 9 heteroatoms. The van der Waals surface area contributed by atoms with Gasteiger partial charge in [0.1, 0.15) is 17.8 Å². The van der Waals surface area contributed by atoms with Gasteiger partial charge in [0.05, 0.1) is 30.5 Å². The molecule has 5 aliphatic carbocycles. The molecule has 1 heterocycles. The summed E-state index contributed by atoms with van der Waals surface area (Å²) in [5, 5.41) is 37.3. The van der Waals surface area contributed by atoms with Crippen LogP contribution in [0.1, 0.15) is 36.5 Å². The monoisotopic (exact) mass is 557 g/mol. The molecule has 1 aromatic rings. The van der Waals surface area contributed by atoms with Gasteiger partial charge in [0, 0.05) is 68.4 Å². The van der Waals surface area contributed by atoms with Crippen LogP contribution < -0.4 is 0 Å². The van der Waals surface area contributed by atoms with Crippen LogP contribution in [0.5, 0.6) is 0 Å². The minimum absolute atomic E-state index is 0.140. The van der Waals surface area contributed by atoms with Crippen LogP contribution in [0.15, 0.2) is 30.3 Å². The van der Waals surface area contributed by atoms with Gasteiger partial charge in [-0.15, -0.1) is 0 Å². The molecular formula is C31H43NO8. The quantitative estimate of drug-likeness (QED) is 0.427. The SMILES string of the molecule is CCN1C[C@]2(COC)CC[C@H](OC)[C@@]34[C@@H]5C[C@@H]6[C@@H](OC)[C@H](O)[C@@](O)([C@H]5[C@H]6OC(=O)c5ccccc5)[C@@H]([C@H](O)[C@H]23)[C@@H]14. The van der Waals surface area contributed by atoms with E-state index < -0.39 is 53.2 Å². The van der Waals surface area contributed by atoms with E-state index in [4.69, 9.17) is 18.9 Å². The van der Waals surface area contributed by atoms with Crippen molar-refractivity contribution in [3.63, 3.8) is 0 Å². The summed E-state index contributed by atoms with van der Waals surface area (Å²) in [6.45, 7) is 4.16. The van der Waals surface area contributed by atoms with Crippen LogP contribution in [-0.4, -0.2) is 109 Å². The van der Waals surface area contributed by atoms with Gasteiger partial charge in [0.2, 0.25) is 0 Å². The van der Waals surface area contributed by atoms with Crippen LogP contribution in [-0.2, 0) is 18.9 Å². The number of methoxy groups -OCH3 is 3. The lowest BCUT2D eigenvalue weighted by atomic mass is 9.43. The summed E-state index contributed by atoms with van der Waals surface area (Å²) < 4.78 is 24.4. The van der Waals surface area contributed by atoms with Crippen LogP contribution in [0.4, 0.5) is 0 Å². The van der Waals surface area contributed by atoms with Gasteiger partial charge in [0.15, 0.2) is 0 Å². The van der Waals surface area contributed by atoms with E-state index in [9.17, 15) is 20.1 Å². The third kappa shape index (κ3) is 3.00. The van der Waals surface area contributed by atoms with E-state index in [1.54, 1.807) is 45.6 Å². The molecule has 14 atom stereocenters. The number of rotatable bonds is 7. The number of ether oxygens (including phenoxy) is 4. The highest BCUT2D eigenvalue weighted by Crippen LogP contribution is 2.79. The lowest BCUT2D eigenvalue weighted by Crippen LogP contribution is -2.78. The fourth-order valence-electron chi connectivity index (χ4n) is 11.7. The number of hydrogen-bond donors (Lipinski definition) is 3. The zero-order chi connectivity index (χ0) is 28.2. The van der Waals surface area contributed by atoms with E-state index in [0.29, 0.717) is 18.6 Å². The summed E-state index contributed by atoms with van der Waals surface area (Å²) in [6.07, 6.45) is -1.33. The van der Waals surface area contributed by atoms with Gasteiger partial charge in [-0.2, -0.15) is 0 Å². The number of carbonyl (C=O) groups is 1. The van der Waals surface area contributed by atoms with Gasteiger partial charge in [-0.1, -0.05) is 25.1 Å². The summed E-state index contributed by atoms with van der Waals surface area (Å²) in [5.74, 6) is -2.27. The van der Waals surface area contributed by atoms with Gasteiger partial charge >= 0.3 is 5.97 Å². The molecule has 7 rings (SSSR count). The molecule has 0 aromatic heterocycles. The number of carbonyl (C=O) groups excluding carboxylic acids is 1. The largest absolute Gasteiger partial charge is 0.458 e. The van der Waals surface area contributed by atoms with Crippen LogP contribution in [0.2, 0.25) is 0 Å². The highest BCUT2D eigenvalue weighted by molar-refractivity contribution is 5.89. The van der Waals surface area contributed by atoms with E-state index in [-0.39, 0.29) is 35.3 Å². The van der Waals surface area contributed by atoms with Crippen molar-refractivity contribution < 1.29 is 39.1 Å². The topological polar surface area (TPSA) is 118 Å². The second-order valence-electron chi connectivity index (χ2n) is 13.4. The fourth-order valence-corrected chi connectivity index (χ4v) is 11.7. The molecule has 9 nitrogen and oxygen atoms in total. The fraction of sp³-hybridized carbons (Fsp3) is 0.774. The van der Waals surface area contributed by atoms with Crippen molar-refractivity contribution in [2.24, 2.45) is 40.4 Å².